The highest BCUT2D eigenvalue weighted by molar-refractivity contribution is 8.13. The van der Waals surface area contributed by atoms with Gasteiger partial charge in [-0.1, -0.05) is 11.8 Å². The number of hydrogen-bond donors (Lipinski definition) is 3. The molecule has 1 aromatic rings. The van der Waals surface area contributed by atoms with Gasteiger partial charge in [-0.25, -0.2) is 9.79 Å². The standard InChI is InChI=1S/C10H9N3O3S/c1-17-10(12-5-11)13-7-2-6(9(15)16)3-8(14)4-7/h2-4,14H,1H3,(H,12,13)(H,15,16). The number of aromatic hydroxyl groups is 1. The van der Waals surface area contributed by atoms with Crippen LogP contribution in [0.4, 0.5) is 5.69 Å². The number of carboxylic acid groups (broad SMARTS) is 1. The monoisotopic (exact) mass is 251 g/mol. The topological polar surface area (TPSA) is 106 Å². The zero-order chi connectivity index (χ0) is 12.8. The molecule has 0 aliphatic carbocycles. The first-order valence-corrected chi connectivity index (χ1v) is 5.64. The van der Waals surface area contributed by atoms with E-state index in [0.29, 0.717) is 5.17 Å². The Morgan fingerprint density at radius 2 is 2.24 bits per heavy atom. The van der Waals surface area contributed by atoms with E-state index >= 15 is 0 Å². The van der Waals surface area contributed by atoms with Crippen molar-refractivity contribution in [2.24, 2.45) is 4.99 Å². The molecule has 0 saturated carbocycles. The lowest BCUT2D eigenvalue weighted by Crippen LogP contribution is -2.12. The molecule has 3 N–H and O–H groups in total. The second kappa shape index (κ2) is 5.77. The van der Waals surface area contributed by atoms with Gasteiger partial charge in [-0.2, -0.15) is 5.26 Å². The summed E-state index contributed by atoms with van der Waals surface area (Å²) < 4.78 is 0. The second-order valence-corrected chi connectivity index (χ2v) is 3.70. The fraction of sp³-hybridized carbons (Fsp3) is 0.100. The first-order chi connectivity index (χ1) is 8.06. The quantitative estimate of drug-likeness (QED) is 0.318. The van der Waals surface area contributed by atoms with E-state index in [0.717, 1.165) is 6.07 Å². The van der Waals surface area contributed by atoms with Crippen molar-refractivity contribution in [3.8, 4) is 11.9 Å². The van der Waals surface area contributed by atoms with E-state index in [2.05, 4.69) is 10.3 Å². The van der Waals surface area contributed by atoms with Gasteiger partial charge in [0.15, 0.2) is 11.4 Å². The zero-order valence-corrected chi connectivity index (χ0v) is 9.65. The number of nitrogens with zero attached hydrogens (tertiary/aromatic N) is 2. The maximum atomic E-state index is 10.8. The summed E-state index contributed by atoms with van der Waals surface area (Å²) in [5, 5.41) is 29.2. The smallest absolute Gasteiger partial charge is 0.335 e. The van der Waals surface area contributed by atoms with Gasteiger partial charge in [-0.05, 0) is 18.4 Å². The second-order valence-electron chi connectivity index (χ2n) is 2.90. The summed E-state index contributed by atoms with van der Waals surface area (Å²) in [4.78, 5) is 14.7. The molecule has 0 unspecified atom stereocenters. The van der Waals surface area contributed by atoms with Crippen molar-refractivity contribution in [3.05, 3.63) is 23.8 Å². The van der Waals surface area contributed by atoms with Crippen LogP contribution < -0.4 is 5.32 Å². The number of carboxylic acids is 1. The van der Waals surface area contributed by atoms with Crippen molar-refractivity contribution in [2.45, 2.75) is 0 Å². The van der Waals surface area contributed by atoms with Crippen LogP contribution in [0.1, 0.15) is 10.4 Å². The van der Waals surface area contributed by atoms with E-state index in [-0.39, 0.29) is 17.0 Å². The minimum Gasteiger partial charge on any atom is -0.508 e. The number of aliphatic imine (C=N–C) groups is 1. The molecule has 0 atom stereocenters. The highest BCUT2D eigenvalue weighted by Crippen LogP contribution is 2.23. The number of amidine groups is 1. The van der Waals surface area contributed by atoms with Crippen LogP contribution in [0.3, 0.4) is 0 Å². The molecule has 0 fully saturated rings. The number of nitrogens with one attached hydrogen (secondary N) is 1. The first-order valence-electron chi connectivity index (χ1n) is 4.42. The number of aromatic carboxylic acids is 1. The average molecular weight is 251 g/mol. The summed E-state index contributed by atoms with van der Waals surface area (Å²) >= 11 is 1.20. The minimum atomic E-state index is -1.16. The number of phenols is 1. The summed E-state index contributed by atoms with van der Waals surface area (Å²) in [5.74, 6) is -1.35. The van der Waals surface area contributed by atoms with Gasteiger partial charge in [0.2, 0.25) is 0 Å². The van der Waals surface area contributed by atoms with Gasteiger partial charge in [0.25, 0.3) is 0 Å². The van der Waals surface area contributed by atoms with Gasteiger partial charge in [0, 0.05) is 6.07 Å². The lowest BCUT2D eigenvalue weighted by molar-refractivity contribution is 0.0696. The SMILES string of the molecule is CSC(=Nc1cc(O)cc(C(=O)O)c1)NC#N. The van der Waals surface area contributed by atoms with Crippen LogP contribution in [-0.2, 0) is 0 Å². The molecule has 0 saturated heterocycles. The van der Waals surface area contributed by atoms with Crippen LogP contribution >= 0.6 is 11.8 Å². The molecule has 0 aromatic heterocycles. The Morgan fingerprint density at radius 1 is 1.53 bits per heavy atom. The Hall–Kier alpha value is -2.20. The molecular weight excluding hydrogens is 242 g/mol. The van der Waals surface area contributed by atoms with Gasteiger partial charge in [0.05, 0.1) is 11.3 Å². The molecule has 88 valence electrons. The Morgan fingerprint density at radius 3 is 2.76 bits per heavy atom. The Bertz CT molecular complexity index is 508. The number of phenolic OH excluding ortho intramolecular Hbond substituents is 1. The van der Waals surface area contributed by atoms with Crippen LogP contribution in [0.2, 0.25) is 0 Å². The third-order valence-corrected chi connectivity index (χ3v) is 2.32. The Kier molecular flexibility index (Phi) is 4.37. The number of rotatable bonds is 2. The molecule has 0 bridgehead atoms. The molecule has 7 heteroatoms. The highest BCUT2D eigenvalue weighted by Gasteiger charge is 2.07. The lowest BCUT2D eigenvalue weighted by atomic mass is 10.2. The summed E-state index contributed by atoms with van der Waals surface area (Å²) in [6, 6.07) is 3.73. The molecule has 0 spiro atoms. The van der Waals surface area contributed by atoms with Crippen molar-refractivity contribution in [2.75, 3.05) is 6.26 Å². The predicted octanol–water partition coefficient (Wildman–Crippen LogP) is 1.51. The predicted molar refractivity (Wildman–Crippen MR) is 64.4 cm³/mol. The molecule has 1 aromatic carbocycles. The number of nitriles is 1. The van der Waals surface area contributed by atoms with Crippen molar-refractivity contribution < 1.29 is 15.0 Å². The molecule has 0 aliphatic rings. The zero-order valence-electron chi connectivity index (χ0n) is 8.84. The summed E-state index contributed by atoms with van der Waals surface area (Å²) in [7, 11) is 0. The maximum Gasteiger partial charge on any atom is 0.335 e. The van der Waals surface area contributed by atoms with Crippen molar-refractivity contribution >= 4 is 28.6 Å². The van der Waals surface area contributed by atoms with Gasteiger partial charge in [-0.3, -0.25) is 5.32 Å². The number of benzene rings is 1. The summed E-state index contributed by atoms with van der Waals surface area (Å²) in [5.41, 5.74) is 0.190. The molecule has 17 heavy (non-hydrogen) atoms. The normalized spacial score (nSPS) is 10.7. The van der Waals surface area contributed by atoms with Crippen LogP contribution in [0.5, 0.6) is 5.75 Å². The third-order valence-electron chi connectivity index (χ3n) is 1.74. The van der Waals surface area contributed by atoms with E-state index in [4.69, 9.17) is 10.4 Å². The highest BCUT2D eigenvalue weighted by atomic mass is 32.2. The van der Waals surface area contributed by atoms with Gasteiger partial charge in [0.1, 0.15) is 5.75 Å². The van der Waals surface area contributed by atoms with E-state index in [9.17, 15) is 9.90 Å². The van der Waals surface area contributed by atoms with Gasteiger partial charge >= 0.3 is 5.97 Å². The number of carbonyl (C=O) groups is 1. The third kappa shape index (κ3) is 3.70. The van der Waals surface area contributed by atoms with Crippen molar-refractivity contribution in [1.29, 1.82) is 5.26 Å². The van der Waals surface area contributed by atoms with Crippen molar-refractivity contribution in [1.82, 2.24) is 5.32 Å². The molecule has 0 heterocycles. The fourth-order valence-electron chi connectivity index (χ4n) is 1.07. The first kappa shape index (κ1) is 12.9. The fourth-order valence-corrected chi connectivity index (χ4v) is 1.42. The summed E-state index contributed by atoms with van der Waals surface area (Å²) in [6.07, 6.45) is 3.42. The Labute approximate surface area is 102 Å². The van der Waals surface area contributed by atoms with Gasteiger partial charge < -0.3 is 10.2 Å². The van der Waals surface area contributed by atoms with E-state index < -0.39 is 5.97 Å². The van der Waals surface area contributed by atoms with Crippen LogP contribution in [-0.4, -0.2) is 27.6 Å². The van der Waals surface area contributed by atoms with E-state index in [1.165, 1.54) is 23.9 Å². The average Bonchev–Trinajstić information content (AvgIpc) is 2.27. The molecule has 0 radical (unpaired) electrons. The molecular formula is C10H9N3O3S. The van der Waals surface area contributed by atoms with Crippen LogP contribution in [0.25, 0.3) is 0 Å². The largest absolute Gasteiger partial charge is 0.508 e. The summed E-state index contributed by atoms with van der Waals surface area (Å²) in [6.45, 7) is 0. The van der Waals surface area contributed by atoms with Crippen molar-refractivity contribution in [3.63, 3.8) is 0 Å². The minimum absolute atomic E-state index is 0.0684. The van der Waals surface area contributed by atoms with Crippen LogP contribution in [0.15, 0.2) is 23.2 Å². The molecule has 0 amide bonds. The lowest BCUT2D eigenvalue weighted by Gasteiger charge is -2.02. The maximum absolute atomic E-state index is 10.8. The molecule has 6 nitrogen and oxygen atoms in total. The van der Waals surface area contributed by atoms with E-state index in [1.54, 1.807) is 12.4 Å². The van der Waals surface area contributed by atoms with Crippen LogP contribution in [0, 0.1) is 11.5 Å². The number of thioether (sulfide) groups is 1. The van der Waals surface area contributed by atoms with Gasteiger partial charge in [-0.15, -0.1) is 0 Å². The Balaban J connectivity index is 3.14. The number of hydrogen-bond acceptors (Lipinski definition) is 5. The molecule has 0 aliphatic heterocycles. The van der Waals surface area contributed by atoms with E-state index in [1.807, 2.05) is 0 Å². The molecule has 1 rings (SSSR count).